The van der Waals surface area contributed by atoms with Gasteiger partial charge in [-0.1, -0.05) is 0 Å². The van der Waals surface area contributed by atoms with Gasteiger partial charge in [-0.25, -0.2) is 13.2 Å². The van der Waals surface area contributed by atoms with E-state index in [4.69, 9.17) is 4.42 Å². The van der Waals surface area contributed by atoms with Crippen LogP contribution in [0.1, 0.15) is 11.5 Å². The fraction of sp³-hybridized carbons (Fsp3) is 0.294. The van der Waals surface area contributed by atoms with Gasteiger partial charge in [0.2, 0.25) is 11.8 Å². The number of hydrogen-bond acceptors (Lipinski definition) is 4. The maximum Gasteiger partial charge on any atom is 0.243 e. The molecule has 0 atom stereocenters. The third-order valence-corrected chi connectivity index (χ3v) is 3.39. The molecule has 0 saturated carbocycles. The van der Waals surface area contributed by atoms with E-state index >= 15 is 0 Å². The Hall–Kier alpha value is -2.81. The lowest BCUT2D eigenvalue weighted by Gasteiger charge is -2.15. The molecule has 0 fully saturated rings. The highest BCUT2D eigenvalue weighted by Gasteiger charge is 2.16. The molecule has 1 heterocycles. The van der Waals surface area contributed by atoms with Crippen LogP contribution >= 0.6 is 0 Å². The van der Waals surface area contributed by atoms with E-state index in [9.17, 15) is 22.8 Å². The van der Waals surface area contributed by atoms with Crippen LogP contribution in [0.4, 0.5) is 18.9 Å². The van der Waals surface area contributed by atoms with Gasteiger partial charge in [-0.05, 0) is 38.2 Å². The topological polar surface area (TPSA) is 74.6 Å². The van der Waals surface area contributed by atoms with Crippen LogP contribution < -0.4 is 10.6 Å². The van der Waals surface area contributed by atoms with Gasteiger partial charge in [0.25, 0.3) is 0 Å². The monoisotopic (exact) mass is 369 g/mol. The number of nitrogens with zero attached hydrogens (tertiary/aromatic N) is 1. The van der Waals surface area contributed by atoms with Crippen molar-refractivity contribution in [3.63, 3.8) is 0 Å². The van der Waals surface area contributed by atoms with Crippen LogP contribution in [0.3, 0.4) is 0 Å². The van der Waals surface area contributed by atoms with Gasteiger partial charge in [0.05, 0.1) is 25.3 Å². The number of likely N-dealkylation sites (N-methyl/N-ethyl adjacent to an activating group) is 1. The summed E-state index contributed by atoms with van der Waals surface area (Å²) in [4.78, 5) is 25.2. The Balaban J connectivity index is 1.78. The Kier molecular flexibility index (Phi) is 6.40. The van der Waals surface area contributed by atoms with Crippen LogP contribution in [0.15, 0.2) is 28.7 Å². The Labute approximate surface area is 148 Å². The lowest BCUT2D eigenvalue weighted by molar-refractivity contribution is -0.124. The molecule has 0 bridgehead atoms. The van der Waals surface area contributed by atoms with Gasteiger partial charge in [0.15, 0.2) is 17.5 Å². The van der Waals surface area contributed by atoms with Crippen molar-refractivity contribution in [2.45, 2.75) is 13.5 Å². The normalized spacial score (nSPS) is 10.8. The number of rotatable bonds is 7. The van der Waals surface area contributed by atoms with Crippen molar-refractivity contribution in [1.82, 2.24) is 10.2 Å². The molecule has 1 aromatic heterocycles. The van der Waals surface area contributed by atoms with Gasteiger partial charge in [-0.3, -0.25) is 14.5 Å². The van der Waals surface area contributed by atoms with Gasteiger partial charge in [0, 0.05) is 0 Å². The quantitative estimate of drug-likeness (QED) is 0.734. The van der Waals surface area contributed by atoms with Crippen LogP contribution in [0.5, 0.6) is 0 Å². The lowest BCUT2D eigenvalue weighted by atomic mass is 10.2. The molecular formula is C17H18F3N3O3. The number of benzene rings is 1. The fourth-order valence-electron chi connectivity index (χ4n) is 2.19. The Morgan fingerprint density at radius 3 is 2.46 bits per heavy atom. The van der Waals surface area contributed by atoms with Crippen LogP contribution in [0.25, 0.3) is 0 Å². The summed E-state index contributed by atoms with van der Waals surface area (Å²) < 4.78 is 44.8. The number of nitrogens with one attached hydrogen (secondary N) is 2. The van der Waals surface area contributed by atoms with Gasteiger partial charge < -0.3 is 15.1 Å². The second-order valence-electron chi connectivity index (χ2n) is 5.73. The molecule has 0 aliphatic carbocycles. The summed E-state index contributed by atoms with van der Waals surface area (Å²) >= 11 is 0. The minimum atomic E-state index is -1.68. The molecule has 0 spiro atoms. The molecule has 2 rings (SSSR count). The van der Waals surface area contributed by atoms with Gasteiger partial charge in [0.1, 0.15) is 11.5 Å². The average molecular weight is 369 g/mol. The van der Waals surface area contributed by atoms with E-state index < -0.39 is 41.5 Å². The molecule has 140 valence electrons. The highest BCUT2D eigenvalue weighted by molar-refractivity contribution is 5.94. The second kappa shape index (κ2) is 8.52. The van der Waals surface area contributed by atoms with Gasteiger partial charge in [-0.15, -0.1) is 0 Å². The third kappa shape index (κ3) is 5.35. The zero-order valence-electron chi connectivity index (χ0n) is 14.2. The molecule has 6 nitrogen and oxygen atoms in total. The predicted molar refractivity (Wildman–Crippen MR) is 87.7 cm³/mol. The maximum absolute atomic E-state index is 13.5. The van der Waals surface area contributed by atoms with Crippen LogP contribution in [-0.2, 0) is 16.1 Å². The molecule has 2 N–H and O–H groups in total. The number of carbonyl (C=O) groups is 2. The van der Waals surface area contributed by atoms with E-state index in [-0.39, 0.29) is 6.54 Å². The number of furan rings is 1. The minimum absolute atomic E-state index is 0.00651. The Morgan fingerprint density at radius 1 is 1.08 bits per heavy atom. The molecule has 9 heteroatoms. The summed E-state index contributed by atoms with van der Waals surface area (Å²) in [6.45, 7) is 1.79. The summed E-state index contributed by atoms with van der Waals surface area (Å²) in [5, 5.41) is 4.42. The third-order valence-electron chi connectivity index (χ3n) is 3.39. The molecule has 0 saturated heterocycles. The molecule has 0 unspecified atom stereocenters. The first-order chi connectivity index (χ1) is 12.3. The van der Waals surface area contributed by atoms with E-state index in [2.05, 4.69) is 10.6 Å². The predicted octanol–water partition coefficient (Wildman–Crippen LogP) is 2.19. The second-order valence-corrected chi connectivity index (χ2v) is 5.73. The van der Waals surface area contributed by atoms with E-state index in [0.717, 1.165) is 11.8 Å². The Bertz CT molecular complexity index is 808. The van der Waals surface area contributed by atoms with Gasteiger partial charge in [-0.2, -0.15) is 0 Å². The zero-order valence-corrected chi connectivity index (χ0v) is 14.2. The lowest BCUT2D eigenvalue weighted by Crippen LogP contribution is -2.39. The van der Waals surface area contributed by atoms with E-state index in [1.165, 1.54) is 0 Å². The smallest absolute Gasteiger partial charge is 0.243 e. The van der Waals surface area contributed by atoms with Crippen LogP contribution in [-0.4, -0.2) is 36.9 Å². The summed E-state index contributed by atoms with van der Waals surface area (Å²) in [5.41, 5.74) is -0.506. The minimum Gasteiger partial charge on any atom is -0.465 e. The van der Waals surface area contributed by atoms with Crippen molar-refractivity contribution in [3.05, 3.63) is 53.2 Å². The van der Waals surface area contributed by atoms with Gasteiger partial charge >= 0.3 is 0 Å². The van der Waals surface area contributed by atoms with Crippen molar-refractivity contribution >= 4 is 17.5 Å². The number of halogens is 3. The van der Waals surface area contributed by atoms with Crippen molar-refractivity contribution in [1.29, 1.82) is 0 Å². The number of carbonyl (C=O) groups excluding carboxylic acids is 2. The van der Waals surface area contributed by atoms with Crippen LogP contribution in [0, 0.1) is 24.4 Å². The number of amides is 2. The molecule has 0 aliphatic rings. The highest BCUT2D eigenvalue weighted by atomic mass is 19.2. The number of hydrogen-bond donors (Lipinski definition) is 2. The van der Waals surface area contributed by atoms with E-state index in [0.29, 0.717) is 18.4 Å². The Morgan fingerprint density at radius 2 is 1.81 bits per heavy atom. The maximum atomic E-state index is 13.5. The zero-order chi connectivity index (χ0) is 19.3. The van der Waals surface area contributed by atoms with Crippen LogP contribution in [0.2, 0.25) is 0 Å². The van der Waals surface area contributed by atoms with Crippen molar-refractivity contribution in [2.24, 2.45) is 0 Å². The molecular weight excluding hydrogens is 351 g/mol. The van der Waals surface area contributed by atoms with E-state index in [1.54, 1.807) is 18.0 Å². The molecule has 0 aliphatic heterocycles. The standard InChI is InChI=1S/C17H18F3N3O3/c1-10-3-4-11(26-10)8-23(2)9-15(25)21-7-14(24)22-13-6-5-12(18)16(19)17(13)20/h3-6H,7-9H2,1-2H3,(H,21,25)(H,22,24). The van der Waals surface area contributed by atoms with Crippen molar-refractivity contribution in [2.75, 3.05) is 25.5 Å². The van der Waals surface area contributed by atoms with Crippen molar-refractivity contribution < 1.29 is 27.2 Å². The first-order valence-electron chi connectivity index (χ1n) is 7.70. The molecule has 2 aromatic rings. The number of aryl methyl sites for hydroxylation is 1. The summed E-state index contributed by atoms with van der Waals surface area (Å²) in [6, 6.07) is 5.20. The molecule has 2 amide bonds. The number of anilines is 1. The average Bonchev–Trinajstić information content (AvgIpc) is 2.98. The molecule has 0 radical (unpaired) electrons. The summed E-state index contributed by atoms with van der Waals surface area (Å²) in [5.74, 6) is -4.28. The summed E-state index contributed by atoms with van der Waals surface area (Å²) in [6.07, 6.45) is 0. The molecule has 26 heavy (non-hydrogen) atoms. The summed E-state index contributed by atoms with van der Waals surface area (Å²) in [7, 11) is 1.70. The van der Waals surface area contributed by atoms with E-state index in [1.807, 2.05) is 13.0 Å². The highest BCUT2D eigenvalue weighted by Crippen LogP contribution is 2.19. The first kappa shape index (κ1) is 19.5. The first-order valence-corrected chi connectivity index (χ1v) is 7.70. The fourth-order valence-corrected chi connectivity index (χ4v) is 2.19. The molecule has 1 aromatic carbocycles. The largest absolute Gasteiger partial charge is 0.465 e. The SMILES string of the molecule is Cc1ccc(CN(C)CC(=O)NCC(=O)Nc2ccc(F)c(F)c2F)o1. The van der Waals surface area contributed by atoms with Crippen molar-refractivity contribution in [3.8, 4) is 0 Å².